The summed E-state index contributed by atoms with van der Waals surface area (Å²) in [6.07, 6.45) is 4.98. The first-order valence-corrected chi connectivity index (χ1v) is 10.1. The van der Waals surface area contributed by atoms with Crippen LogP contribution in [0.1, 0.15) is 47.8 Å². The molecule has 6 nitrogen and oxygen atoms in total. The highest BCUT2D eigenvalue weighted by molar-refractivity contribution is 6.30. The van der Waals surface area contributed by atoms with E-state index in [1.807, 2.05) is 12.1 Å². The van der Waals surface area contributed by atoms with Crippen molar-refractivity contribution in [2.75, 3.05) is 26.2 Å². The maximum Gasteiger partial charge on any atom is 0.251 e. The largest absolute Gasteiger partial charge is 0.468 e. The highest BCUT2D eigenvalue weighted by Gasteiger charge is 2.25. The predicted octanol–water partition coefficient (Wildman–Crippen LogP) is 3.40. The number of likely N-dealkylation sites (tertiary alicyclic amines) is 1. The van der Waals surface area contributed by atoms with E-state index in [0.717, 1.165) is 18.8 Å². The molecule has 1 aliphatic rings. The standard InChI is InChI=1S/C21H26ClN3O3/c22-17-9-7-16(8-10-17)21(27)23-11-3-6-20(26)24-15-18(19-5-4-14-28-19)25-12-1-2-13-25/h4-5,7-10,14,18H,1-3,6,11-13,15H2,(H,23,27)(H,24,26). The molecule has 1 saturated heterocycles. The van der Waals surface area contributed by atoms with Crippen molar-refractivity contribution < 1.29 is 14.0 Å². The van der Waals surface area contributed by atoms with Gasteiger partial charge in [-0.2, -0.15) is 0 Å². The number of halogens is 1. The van der Waals surface area contributed by atoms with Crippen molar-refractivity contribution in [3.63, 3.8) is 0 Å². The van der Waals surface area contributed by atoms with E-state index >= 15 is 0 Å². The average molecular weight is 404 g/mol. The van der Waals surface area contributed by atoms with Crippen LogP contribution >= 0.6 is 11.6 Å². The molecule has 1 atom stereocenters. The zero-order valence-corrected chi connectivity index (χ0v) is 16.6. The van der Waals surface area contributed by atoms with Gasteiger partial charge in [0.1, 0.15) is 5.76 Å². The summed E-state index contributed by atoms with van der Waals surface area (Å²) in [5.74, 6) is 0.706. The van der Waals surface area contributed by atoms with E-state index in [0.29, 0.717) is 36.5 Å². The fraction of sp³-hybridized carbons (Fsp3) is 0.429. The monoisotopic (exact) mass is 403 g/mol. The first-order chi connectivity index (χ1) is 13.6. The van der Waals surface area contributed by atoms with Crippen molar-refractivity contribution in [1.29, 1.82) is 0 Å². The van der Waals surface area contributed by atoms with Crippen LogP contribution in [0.3, 0.4) is 0 Å². The third-order valence-electron chi connectivity index (χ3n) is 4.92. The molecule has 0 saturated carbocycles. The molecular formula is C21H26ClN3O3. The molecule has 2 aromatic rings. The molecule has 2 N–H and O–H groups in total. The third-order valence-corrected chi connectivity index (χ3v) is 5.17. The smallest absolute Gasteiger partial charge is 0.251 e. The number of hydrogen-bond acceptors (Lipinski definition) is 4. The molecule has 0 aliphatic carbocycles. The second kappa shape index (κ2) is 10.3. The number of rotatable bonds is 9. The summed E-state index contributed by atoms with van der Waals surface area (Å²) >= 11 is 5.82. The topological polar surface area (TPSA) is 74.6 Å². The van der Waals surface area contributed by atoms with E-state index in [1.165, 1.54) is 12.8 Å². The van der Waals surface area contributed by atoms with Crippen LogP contribution in [0.25, 0.3) is 0 Å². The average Bonchev–Trinajstić information content (AvgIpc) is 3.40. The summed E-state index contributed by atoms with van der Waals surface area (Å²) in [5.41, 5.74) is 0.556. The molecule has 28 heavy (non-hydrogen) atoms. The molecule has 1 fully saturated rings. The Hall–Kier alpha value is -2.31. The van der Waals surface area contributed by atoms with Gasteiger partial charge in [-0.3, -0.25) is 14.5 Å². The molecule has 1 aromatic heterocycles. The van der Waals surface area contributed by atoms with Gasteiger partial charge in [-0.25, -0.2) is 0 Å². The first kappa shape index (κ1) is 20.4. The van der Waals surface area contributed by atoms with Crippen LogP contribution in [0.15, 0.2) is 47.1 Å². The number of amides is 2. The zero-order chi connectivity index (χ0) is 19.8. The normalized spacial score (nSPS) is 15.3. The maximum absolute atomic E-state index is 12.2. The molecule has 7 heteroatoms. The van der Waals surface area contributed by atoms with Gasteiger partial charge in [-0.05, 0) is 68.8 Å². The lowest BCUT2D eigenvalue weighted by Gasteiger charge is -2.26. The van der Waals surface area contributed by atoms with Crippen molar-refractivity contribution in [2.45, 2.75) is 31.7 Å². The van der Waals surface area contributed by atoms with E-state index in [9.17, 15) is 9.59 Å². The number of nitrogens with zero attached hydrogens (tertiary/aromatic N) is 1. The van der Waals surface area contributed by atoms with Gasteiger partial charge in [0.05, 0.1) is 12.3 Å². The minimum absolute atomic E-state index is 0.0171. The molecule has 0 radical (unpaired) electrons. The van der Waals surface area contributed by atoms with Crippen molar-refractivity contribution >= 4 is 23.4 Å². The van der Waals surface area contributed by atoms with Crippen LogP contribution in [0.5, 0.6) is 0 Å². The molecule has 0 bridgehead atoms. The van der Waals surface area contributed by atoms with Gasteiger partial charge in [-0.15, -0.1) is 0 Å². The van der Waals surface area contributed by atoms with Crippen LogP contribution in [0.4, 0.5) is 0 Å². The van der Waals surface area contributed by atoms with Crippen LogP contribution in [0, 0.1) is 0 Å². The summed E-state index contributed by atoms with van der Waals surface area (Å²) in [6, 6.07) is 10.6. The Morgan fingerprint density at radius 1 is 1.11 bits per heavy atom. The van der Waals surface area contributed by atoms with Crippen LogP contribution in [-0.4, -0.2) is 42.9 Å². The van der Waals surface area contributed by atoms with Gasteiger partial charge in [0.2, 0.25) is 5.91 Å². The predicted molar refractivity (Wildman–Crippen MR) is 108 cm³/mol. The van der Waals surface area contributed by atoms with Gasteiger partial charge in [0.15, 0.2) is 0 Å². The molecule has 1 unspecified atom stereocenters. The number of benzene rings is 1. The van der Waals surface area contributed by atoms with Crippen molar-refractivity contribution in [3.8, 4) is 0 Å². The minimum atomic E-state index is -0.163. The lowest BCUT2D eigenvalue weighted by atomic mass is 10.2. The van der Waals surface area contributed by atoms with Gasteiger partial charge in [0, 0.05) is 30.1 Å². The van der Waals surface area contributed by atoms with E-state index in [1.54, 1.807) is 30.5 Å². The Balaban J connectivity index is 1.37. The molecule has 150 valence electrons. The van der Waals surface area contributed by atoms with Crippen molar-refractivity contribution in [2.24, 2.45) is 0 Å². The molecule has 2 heterocycles. The number of hydrogen-bond donors (Lipinski definition) is 2. The maximum atomic E-state index is 12.2. The van der Waals surface area contributed by atoms with E-state index in [4.69, 9.17) is 16.0 Å². The SMILES string of the molecule is O=C(CCCNC(=O)c1ccc(Cl)cc1)NCC(c1ccco1)N1CCCC1. The molecule has 1 aromatic carbocycles. The molecular weight excluding hydrogens is 378 g/mol. The fourth-order valence-corrected chi connectivity index (χ4v) is 3.52. The Kier molecular flexibility index (Phi) is 7.51. The summed E-state index contributed by atoms with van der Waals surface area (Å²) < 4.78 is 5.57. The third kappa shape index (κ3) is 5.84. The Bertz CT molecular complexity index is 756. The molecule has 2 amide bonds. The minimum Gasteiger partial charge on any atom is -0.468 e. The summed E-state index contributed by atoms with van der Waals surface area (Å²) in [7, 11) is 0. The summed E-state index contributed by atoms with van der Waals surface area (Å²) in [6.45, 7) is 3.03. The van der Waals surface area contributed by atoms with Gasteiger partial charge < -0.3 is 15.1 Å². The highest BCUT2D eigenvalue weighted by Crippen LogP contribution is 2.24. The van der Waals surface area contributed by atoms with Gasteiger partial charge in [0.25, 0.3) is 5.91 Å². The molecule has 1 aliphatic heterocycles. The van der Waals surface area contributed by atoms with Crippen molar-refractivity contribution in [1.82, 2.24) is 15.5 Å². The van der Waals surface area contributed by atoms with Gasteiger partial charge in [-0.1, -0.05) is 11.6 Å². The van der Waals surface area contributed by atoms with E-state index < -0.39 is 0 Å². The fourth-order valence-electron chi connectivity index (χ4n) is 3.40. The number of furan rings is 1. The second-order valence-corrected chi connectivity index (χ2v) is 7.38. The molecule has 0 spiro atoms. The first-order valence-electron chi connectivity index (χ1n) is 9.71. The Morgan fingerprint density at radius 2 is 1.86 bits per heavy atom. The number of carbonyl (C=O) groups excluding carboxylic acids is 2. The number of carbonyl (C=O) groups is 2. The van der Waals surface area contributed by atoms with E-state index in [2.05, 4.69) is 15.5 Å². The summed E-state index contributed by atoms with van der Waals surface area (Å²) in [5, 5.41) is 6.42. The lowest BCUT2D eigenvalue weighted by molar-refractivity contribution is -0.121. The highest BCUT2D eigenvalue weighted by atomic mass is 35.5. The number of nitrogens with one attached hydrogen (secondary N) is 2. The Morgan fingerprint density at radius 3 is 2.54 bits per heavy atom. The van der Waals surface area contributed by atoms with Crippen LogP contribution in [0.2, 0.25) is 5.02 Å². The Labute approximate surface area is 170 Å². The van der Waals surface area contributed by atoms with Crippen LogP contribution < -0.4 is 10.6 Å². The lowest BCUT2D eigenvalue weighted by Crippen LogP contribution is -2.36. The zero-order valence-electron chi connectivity index (χ0n) is 15.8. The van der Waals surface area contributed by atoms with Gasteiger partial charge >= 0.3 is 0 Å². The summed E-state index contributed by atoms with van der Waals surface area (Å²) in [4.78, 5) is 26.6. The second-order valence-electron chi connectivity index (χ2n) is 6.94. The molecule has 3 rings (SSSR count). The van der Waals surface area contributed by atoms with Crippen LogP contribution in [-0.2, 0) is 4.79 Å². The van der Waals surface area contributed by atoms with Crippen molar-refractivity contribution in [3.05, 3.63) is 59.0 Å². The van der Waals surface area contributed by atoms with E-state index in [-0.39, 0.29) is 17.9 Å². The quantitative estimate of drug-likeness (QED) is 0.629.